The van der Waals surface area contributed by atoms with Crippen molar-refractivity contribution in [2.24, 2.45) is 0 Å². The largest absolute Gasteiger partial charge is 0.357 e. The minimum atomic E-state index is -0.0805. The van der Waals surface area contributed by atoms with Crippen molar-refractivity contribution in [3.63, 3.8) is 0 Å². The van der Waals surface area contributed by atoms with Crippen LogP contribution in [0.4, 0.5) is 0 Å². The van der Waals surface area contributed by atoms with E-state index in [-0.39, 0.29) is 5.91 Å². The summed E-state index contributed by atoms with van der Waals surface area (Å²) in [5.41, 5.74) is 3.94. The van der Waals surface area contributed by atoms with E-state index in [0.29, 0.717) is 18.8 Å². The van der Waals surface area contributed by atoms with Gasteiger partial charge >= 0.3 is 0 Å². The Kier molecular flexibility index (Phi) is 2.35. The number of para-hydroxylation sites is 1. The Morgan fingerprint density at radius 1 is 1.30 bits per heavy atom. The summed E-state index contributed by atoms with van der Waals surface area (Å²) in [7, 11) is 0. The Hall–Kier alpha value is -2.63. The highest BCUT2D eigenvalue weighted by Crippen LogP contribution is 2.27. The molecule has 2 aromatic heterocycles. The summed E-state index contributed by atoms with van der Waals surface area (Å²) in [4.78, 5) is 17.5. The molecule has 0 saturated carbocycles. The molecule has 1 aliphatic rings. The van der Waals surface area contributed by atoms with Crippen molar-refractivity contribution in [1.29, 1.82) is 0 Å². The summed E-state index contributed by atoms with van der Waals surface area (Å²) >= 11 is 0. The Bertz CT molecular complexity index is 774. The molecule has 3 heterocycles. The molecule has 1 aromatic carbocycles. The summed E-state index contributed by atoms with van der Waals surface area (Å²) in [5.74, 6) is -0.0805. The minimum Gasteiger partial charge on any atom is -0.357 e. The number of rotatable bonds is 1. The number of nitrogens with one attached hydrogen (secondary N) is 2. The third-order valence-corrected chi connectivity index (χ3v) is 3.80. The van der Waals surface area contributed by atoms with Gasteiger partial charge in [0.25, 0.3) is 5.91 Å². The minimum absolute atomic E-state index is 0.0805. The number of hydrogen-bond donors (Lipinski definition) is 2. The van der Waals surface area contributed by atoms with E-state index in [1.165, 1.54) is 17.1 Å². The fourth-order valence-electron chi connectivity index (χ4n) is 2.83. The van der Waals surface area contributed by atoms with Crippen molar-refractivity contribution in [2.45, 2.75) is 13.0 Å². The van der Waals surface area contributed by atoms with Crippen molar-refractivity contribution in [3.8, 4) is 0 Å². The second-order valence-corrected chi connectivity index (χ2v) is 4.96. The van der Waals surface area contributed by atoms with Gasteiger partial charge in [0.2, 0.25) is 0 Å². The molecule has 4 rings (SSSR count). The lowest BCUT2D eigenvalue weighted by molar-refractivity contribution is 0.0727. The van der Waals surface area contributed by atoms with Crippen LogP contribution in [-0.4, -0.2) is 37.7 Å². The predicted octanol–water partition coefficient (Wildman–Crippen LogP) is 1.48. The number of amides is 1. The highest BCUT2D eigenvalue weighted by atomic mass is 16.2. The topological polar surface area (TPSA) is 77.7 Å². The molecule has 1 aliphatic heterocycles. The number of nitrogens with zero attached hydrogens (tertiary/aromatic N) is 3. The standard InChI is InChI=1S/C14H13N5O/c20-14(12-7-15-18-17-12)19-6-5-10-9-3-1-2-4-11(9)16-13(10)8-19/h1-4,7,16H,5-6,8H2,(H,15,17,18). The molecule has 100 valence electrons. The van der Waals surface area contributed by atoms with Gasteiger partial charge in [-0.05, 0) is 18.1 Å². The molecule has 0 unspecified atom stereocenters. The Balaban J connectivity index is 1.68. The van der Waals surface area contributed by atoms with Crippen molar-refractivity contribution in [3.05, 3.63) is 47.4 Å². The lowest BCUT2D eigenvalue weighted by atomic mass is 10.0. The van der Waals surface area contributed by atoms with E-state index in [4.69, 9.17) is 0 Å². The number of fused-ring (bicyclic) bond motifs is 3. The van der Waals surface area contributed by atoms with Gasteiger partial charge < -0.3 is 9.88 Å². The van der Waals surface area contributed by atoms with E-state index in [0.717, 1.165) is 17.6 Å². The van der Waals surface area contributed by atoms with Crippen molar-refractivity contribution < 1.29 is 4.79 Å². The first kappa shape index (κ1) is 11.2. The smallest absolute Gasteiger partial charge is 0.276 e. The molecule has 20 heavy (non-hydrogen) atoms. The number of benzene rings is 1. The zero-order chi connectivity index (χ0) is 13.5. The van der Waals surface area contributed by atoms with E-state index in [1.807, 2.05) is 12.1 Å². The molecule has 0 saturated heterocycles. The highest BCUT2D eigenvalue weighted by Gasteiger charge is 2.25. The van der Waals surface area contributed by atoms with Crippen molar-refractivity contribution >= 4 is 16.8 Å². The van der Waals surface area contributed by atoms with Crippen LogP contribution in [0, 0.1) is 0 Å². The van der Waals surface area contributed by atoms with Gasteiger partial charge in [-0.2, -0.15) is 15.4 Å². The summed E-state index contributed by atoms with van der Waals surface area (Å²) < 4.78 is 0. The quantitative estimate of drug-likeness (QED) is 0.701. The third kappa shape index (κ3) is 1.61. The molecular formula is C14H13N5O. The number of aromatic nitrogens is 4. The first-order valence-corrected chi connectivity index (χ1v) is 6.56. The van der Waals surface area contributed by atoms with Gasteiger partial charge in [0.05, 0.1) is 12.7 Å². The average molecular weight is 267 g/mol. The van der Waals surface area contributed by atoms with Crippen LogP contribution in [0.1, 0.15) is 21.7 Å². The molecular weight excluding hydrogens is 254 g/mol. The van der Waals surface area contributed by atoms with Crippen LogP contribution in [0.5, 0.6) is 0 Å². The first-order valence-electron chi connectivity index (χ1n) is 6.56. The van der Waals surface area contributed by atoms with E-state index < -0.39 is 0 Å². The van der Waals surface area contributed by atoms with Gasteiger partial charge in [-0.25, -0.2) is 0 Å². The van der Waals surface area contributed by atoms with Gasteiger partial charge in [-0.1, -0.05) is 18.2 Å². The maximum Gasteiger partial charge on any atom is 0.276 e. The Morgan fingerprint density at radius 3 is 3.05 bits per heavy atom. The summed E-state index contributed by atoms with van der Waals surface area (Å²) in [6, 6.07) is 8.25. The van der Waals surface area contributed by atoms with Gasteiger partial charge in [-0.3, -0.25) is 4.79 Å². The maximum atomic E-state index is 12.3. The second-order valence-electron chi connectivity index (χ2n) is 4.96. The summed E-state index contributed by atoms with van der Waals surface area (Å²) in [5, 5.41) is 11.3. The van der Waals surface area contributed by atoms with E-state index in [9.17, 15) is 4.79 Å². The van der Waals surface area contributed by atoms with E-state index >= 15 is 0 Å². The van der Waals surface area contributed by atoms with Crippen LogP contribution in [0.3, 0.4) is 0 Å². The average Bonchev–Trinajstić information content (AvgIpc) is 3.13. The molecule has 6 nitrogen and oxygen atoms in total. The van der Waals surface area contributed by atoms with Crippen LogP contribution in [-0.2, 0) is 13.0 Å². The second kappa shape index (κ2) is 4.19. The lowest BCUT2D eigenvalue weighted by Gasteiger charge is -2.26. The first-order chi connectivity index (χ1) is 9.83. The predicted molar refractivity (Wildman–Crippen MR) is 73.1 cm³/mol. The number of carbonyl (C=O) groups is 1. The number of H-pyrrole nitrogens is 2. The Morgan fingerprint density at radius 2 is 2.20 bits per heavy atom. The van der Waals surface area contributed by atoms with E-state index in [2.05, 4.69) is 32.5 Å². The normalized spacial score (nSPS) is 14.5. The molecule has 0 atom stereocenters. The Labute approximate surface area is 114 Å². The lowest BCUT2D eigenvalue weighted by Crippen LogP contribution is -2.36. The van der Waals surface area contributed by atoms with Gasteiger partial charge in [0.1, 0.15) is 0 Å². The molecule has 2 N–H and O–H groups in total. The number of hydrogen-bond acceptors (Lipinski definition) is 3. The maximum absolute atomic E-state index is 12.3. The third-order valence-electron chi connectivity index (χ3n) is 3.80. The zero-order valence-electron chi connectivity index (χ0n) is 10.8. The van der Waals surface area contributed by atoms with Crippen LogP contribution in [0.25, 0.3) is 10.9 Å². The van der Waals surface area contributed by atoms with Crippen LogP contribution in [0.2, 0.25) is 0 Å². The van der Waals surface area contributed by atoms with Gasteiger partial charge in [0, 0.05) is 23.1 Å². The fraction of sp³-hybridized carbons (Fsp3) is 0.214. The monoisotopic (exact) mass is 267 g/mol. The zero-order valence-corrected chi connectivity index (χ0v) is 10.8. The molecule has 0 fully saturated rings. The molecule has 0 aliphatic carbocycles. The van der Waals surface area contributed by atoms with Gasteiger partial charge in [0.15, 0.2) is 5.69 Å². The molecule has 0 spiro atoms. The molecule has 6 heteroatoms. The van der Waals surface area contributed by atoms with Crippen LogP contribution in [0.15, 0.2) is 30.5 Å². The molecule has 0 radical (unpaired) electrons. The number of aromatic amines is 2. The van der Waals surface area contributed by atoms with Crippen LogP contribution < -0.4 is 0 Å². The molecule has 0 bridgehead atoms. The SMILES string of the molecule is O=C(c1cn[nH]n1)N1CCc2c([nH]c3ccccc23)C1. The summed E-state index contributed by atoms with van der Waals surface area (Å²) in [6.07, 6.45) is 2.33. The summed E-state index contributed by atoms with van der Waals surface area (Å²) in [6.45, 7) is 1.30. The number of carbonyl (C=O) groups excluding carboxylic acids is 1. The van der Waals surface area contributed by atoms with Crippen molar-refractivity contribution in [2.75, 3.05) is 6.54 Å². The van der Waals surface area contributed by atoms with Crippen LogP contribution >= 0.6 is 0 Å². The van der Waals surface area contributed by atoms with Crippen molar-refractivity contribution in [1.82, 2.24) is 25.3 Å². The molecule has 1 amide bonds. The fourth-order valence-corrected chi connectivity index (χ4v) is 2.83. The molecule has 3 aromatic rings. The van der Waals surface area contributed by atoms with E-state index in [1.54, 1.807) is 4.90 Å². The van der Waals surface area contributed by atoms with Gasteiger partial charge in [-0.15, -0.1) is 0 Å². The highest BCUT2D eigenvalue weighted by molar-refractivity contribution is 5.92.